The van der Waals surface area contributed by atoms with E-state index >= 15 is 0 Å². The third kappa shape index (κ3) is 2.66. The third-order valence-corrected chi connectivity index (χ3v) is 5.93. The molecule has 0 radical (unpaired) electrons. The van der Waals surface area contributed by atoms with Gasteiger partial charge in [-0.15, -0.1) is 0 Å². The molecule has 0 aliphatic heterocycles. The van der Waals surface area contributed by atoms with Crippen LogP contribution in [0.1, 0.15) is 80.4 Å². The summed E-state index contributed by atoms with van der Waals surface area (Å²) in [7, 11) is 0. The molecular formula is C23H27NO2. The molecule has 1 aliphatic rings. The van der Waals surface area contributed by atoms with Crippen LogP contribution in [0, 0.1) is 0 Å². The summed E-state index contributed by atoms with van der Waals surface area (Å²) in [6.45, 7) is 8.27. The second-order valence-corrected chi connectivity index (χ2v) is 7.17. The third-order valence-electron chi connectivity index (χ3n) is 5.93. The first-order valence-electron chi connectivity index (χ1n) is 9.54. The molecule has 26 heavy (non-hydrogen) atoms. The molecule has 2 aromatic rings. The minimum Gasteiger partial charge on any atom is -0.411 e. The predicted molar refractivity (Wildman–Crippen MR) is 106 cm³/mol. The molecule has 0 fully saturated rings. The Balaban J connectivity index is 2.22. The molecule has 1 aliphatic carbocycles. The second kappa shape index (κ2) is 7.06. The molecule has 2 aromatic carbocycles. The zero-order valence-corrected chi connectivity index (χ0v) is 16.1. The molecular weight excluding hydrogens is 322 g/mol. The molecule has 0 unspecified atom stereocenters. The maximum absolute atomic E-state index is 12.4. The van der Waals surface area contributed by atoms with Crippen molar-refractivity contribution in [3.8, 4) is 11.1 Å². The molecule has 0 spiro atoms. The molecule has 1 N–H and O–H groups in total. The number of rotatable bonds is 6. The fraction of sp³-hybridized carbons (Fsp3) is 0.391. The van der Waals surface area contributed by atoms with Gasteiger partial charge in [0.15, 0.2) is 5.78 Å². The highest BCUT2D eigenvalue weighted by atomic mass is 16.4. The number of benzene rings is 2. The largest absolute Gasteiger partial charge is 0.411 e. The predicted octanol–water partition coefficient (Wildman–Crippen LogP) is 5.95. The Hall–Kier alpha value is -2.42. The minimum atomic E-state index is -0.0983. The molecule has 0 saturated heterocycles. The van der Waals surface area contributed by atoms with E-state index in [2.05, 4.69) is 43.3 Å². The van der Waals surface area contributed by atoms with Crippen molar-refractivity contribution >= 4 is 11.5 Å². The molecule has 136 valence electrons. The van der Waals surface area contributed by atoms with E-state index in [0.717, 1.165) is 30.4 Å². The van der Waals surface area contributed by atoms with Crippen molar-refractivity contribution in [2.45, 2.75) is 58.8 Å². The number of hydrogen-bond donors (Lipinski definition) is 1. The molecule has 0 heterocycles. The topological polar surface area (TPSA) is 49.7 Å². The quantitative estimate of drug-likeness (QED) is 0.303. The Morgan fingerprint density at radius 2 is 1.50 bits per heavy atom. The highest BCUT2D eigenvalue weighted by molar-refractivity contribution is 6.00. The molecule has 0 bridgehead atoms. The smallest absolute Gasteiger partial charge is 0.162 e. The summed E-state index contributed by atoms with van der Waals surface area (Å²) in [5.74, 6) is 0.219. The first kappa shape index (κ1) is 18.4. The monoisotopic (exact) mass is 349 g/mol. The van der Waals surface area contributed by atoms with Gasteiger partial charge in [-0.1, -0.05) is 50.2 Å². The molecule has 3 nitrogen and oxygen atoms in total. The van der Waals surface area contributed by atoms with Crippen LogP contribution >= 0.6 is 0 Å². The Morgan fingerprint density at radius 1 is 0.962 bits per heavy atom. The van der Waals surface area contributed by atoms with E-state index in [-0.39, 0.29) is 11.2 Å². The average molecular weight is 349 g/mol. The van der Waals surface area contributed by atoms with Crippen LogP contribution in [0.5, 0.6) is 0 Å². The number of hydrogen-bond acceptors (Lipinski definition) is 3. The van der Waals surface area contributed by atoms with Crippen LogP contribution in [0.3, 0.4) is 0 Å². The van der Waals surface area contributed by atoms with Gasteiger partial charge in [-0.2, -0.15) is 0 Å². The van der Waals surface area contributed by atoms with Crippen LogP contribution in [-0.4, -0.2) is 16.7 Å². The van der Waals surface area contributed by atoms with Gasteiger partial charge in [0.1, 0.15) is 0 Å². The summed E-state index contributed by atoms with van der Waals surface area (Å²) in [4.78, 5) is 12.4. The van der Waals surface area contributed by atoms with Gasteiger partial charge in [-0.25, -0.2) is 0 Å². The van der Waals surface area contributed by atoms with Crippen molar-refractivity contribution in [3.63, 3.8) is 0 Å². The summed E-state index contributed by atoms with van der Waals surface area (Å²) in [6, 6.07) is 12.5. The molecule has 0 saturated carbocycles. The Kier molecular flexibility index (Phi) is 4.99. The maximum Gasteiger partial charge on any atom is 0.162 e. The van der Waals surface area contributed by atoms with Crippen LogP contribution in [-0.2, 0) is 5.41 Å². The zero-order chi connectivity index (χ0) is 18.9. The van der Waals surface area contributed by atoms with Crippen molar-refractivity contribution in [2.24, 2.45) is 5.16 Å². The van der Waals surface area contributed by atoms with Gasteiger partial charge in [-0.3, -0.25) is 4.79 Å². The van der Waals surface area contributed by atoms with Gasteiger partial charge in [0.25, 0.3) is 0 Å². The van der Waals surface area contributed by atoms with E-state index in [9.17, 15) is 4.79 Å². The summed E-state index contributed by atoms with van der Waals surface area (Å²) >= 11 is 0. The maximum atomic E-state index is 12.4. The highest BCUT2D eigenvalue weighted by Crippen LogP contribution is 2.53. The second-order valence-electron chi connectivity index (χ2n) is 7.17. The molecule has 0 amide bonds. The fourth-order valence-corrected chi connectivity index (χ4v) is 4.33. The lowest BCUT2D eigenvalue weighted by atomic mass is 9.73. The van der Waals surface area contributed by atoms with E-state index in [4.69, 9.17) is 5.21 Å². The standard InChI is InChI=1S/C23H27NO2/c1-5-8-22(25)17-10-12-19-18-11-9-16(15(4)24-26)13-20(18)23(6-2,7-3)21(19)14-17/h9-14,26H,5-8H2,1-4H3/b24-15-. The highest BCUT2D eigenvalue weighted by Gasteiger charge is 2.41. The van der Waals surface area contributed by atoms with Gasteiger partial charge in [0.2, 0.25) is 0 Å². The summed E-state index contributed by atoms with van der Waals surface area (Å²) in [6.07, 6.45) is 3.39. The Bertz CT molecular complexity index is 876. The van der Waals surface area contributed by atoms with Crippen LogP contribution in [0.4, 0.5) is 0 Å². The summed E-state index contributed by atoms with van der Waals surface area (Å²) < 4.78 is 0. The van der Waals surface area contributed by atoms with Crippen molar-refractivity contribution in [3.05, 3.63) is 58.7 Å². The normalized spacial score (nSPS) is 14.8. The van der Waals surface area contributed by atoms with E-state index in [1.807, 2.05) is 26.0 Å². The van der Waals surface area contributed by atoms with E-state index in [1.54, 1.807) is 0 Å². The van der Waals surface area contributed by atoms with Crippen LogP contribution in [0.25, 0.3) is 11.1 Å². The van der Waals surface area contributed by atoms with Gasteiger partial charge in [-0.05, 0) is 66.1 Å². The van der Waals surface area contributed by atoms with E-state index in [1.165, 1.54) is 22.3 Å². The number of oxime groups is 1. The molecule has 3 heteroatoms. The molecule has 0 atom stereocenters. The number of nitrogens with zero attached hydrogens (tertiary/aromatic N) is 1. The van der Waals surface area contributed by atoms with Gasteiger partial charge in [0, 0.05) is 17.4 Å². The molecule has 3 rings (SSSR count). The lowest BCUT2D eigenvalue weighted by molar-refractivity contribution is 0.0981. The van der Waals surface area contributed by atoms with Gasteiger partial charge >= 0.3 is 0 Å². The van der Waals surface area contributed by atoms with Crippen LogP contribution in [0.15, 0.2) is 41.6 Å². The van der Waals surface area contributed by atoms with Gasteiger partial charge in [0.05, 0.1) is 5.71 Å². The lowest BCUT2D eigenvalue weighted by Crippen LogP contribution is -2.23. The Labute approximate surface area is 155 Å². The number of ketones is 1. The zero-order valence-electron chi connectivity index (χ0n) is 16.1. The summed E-state index contributed by atoms with van der Waals surface area (Å²) in [5, 5.41) is 12.5. The SMILES string of the molecule is CCCC(=O)c1ccc2c(c1)C(CC)(CC)c1cc(/C(C)=N\O)ccc1-2. The number of Topliss-reactive ketones (excluding diaryl/α,β-unsaturated/α-hetero) is 1. The van der Waals surface area contributed by atoms with Crippen molar-refractivity contribution in [1.29, 1.82) is 0 Å². The summed E-state index contributed by atoms with van der Waals surface area (Å²) in [5.41, 5.74) is 7.26. The fourth-order valence-electron chi connectivity index (χ4n) is 4.33. The van der Waals surface area contributed by atoms with Crippen molar-refractivity contribution in [2.75, 3.05) is 0 Å². The number of carbonyl (C=O) groups excluding carboxylic acids is 1. The lowest BCUT2D eigenvalue weighted by Gasteiger charge is -2.30. The number of carbonyl (C=O) groups is 1. The average Bonchev–Trinajstić information content (AvgIpc) is 2.96. The number of fused-ring (bicyclic) bond motifs is 3. The Morgan fingerprint density at radius 3 is 2.00 bits per heavy atom. The molecule has 0 aromatic heterocycles. The minimum absolute atomic E-state index is 0.0983. The van der Waals surface area contributed by atoms with Crippen LogP contribution < -0.4 is 0 Å². The first-order chi connectivity index (χ1) is 12.5. The van der Waals surface area contributed by atoms with Crippen LogP contribution in [0.2, 0.25) is 0 Å². The van der Waals surface area contributed by atoms with Gasteiger partial charge < -0.3 is 5.21 Å². The first-order valence-corrected chi connectivity index (χ1v) is 9.54. The van der Waals surface area contributed by atoms with E-state index < -0.39 is 0 Å². The van der Waals surface area contributed by atoms with Crippen molar-refractivity contribution < 1.29 is 10.0 Å². The van der Waals surface area contributed by atoms with Crippen molar-refractivity contribution in [1.82, 2.24) is 0 Å². The van der Waals surface area contributed by atoms with E-state index in [0.29, 0.717) is 12.1 Å².